The molecular formula is C37H62O5Si2. The lowest BCUT2D eigenvalue weighted by molar-refractivity contribution is -0.167. The Morgan fingerprint density at radius 3 is 1.95 bits per heavy atom. The topological polar surface area (TPSA) is 61.8 Å². The van der Waals surface area contributed by atoms with Crippen molar-refractivity contribution < 1.29 is 23.2 Å². The second-order valence-corrected chi connectivity index (χ2v) is 24.1. The van der Waals surface area contributed by atoms with Crippen molar-refractivity contribution in [1.82, 2.24) is 0 Å². The average Bonchev–Trinajstić information content (AvgIpc) is 3.27. The van der Waals surface area contributed by atoms with Crippen LogP contribution in [0.5, 0.6) is 0 Å². The standard InChI is InChI=1S/C37H62O5Si2/c1-11-43(12-2,13-3)41-35-27(10)36(42-44(14-4,15-5)16-6)33-29-20-21-30-34(38)26(9)32(40-37(30)39)22-18-24(7)17-19-28(29)25(8)23-31(33)35/h17,20-21,23,26-33,35-36H,11-16,18-19,22H2,1-10H3/b21-20-,24-17-/t26-,27+,28+,29+,30+,31-,32-,33-,35+,36-/m0/s1. The Hall–Kier alpha value is -1.29. The number of carbonyl (C=O) groups excluding carboxylic acids is 2. The average molecular weight is 643 g/mol. The first-order valence-corrected chi connectivity index (χ1v) is 23.1. The first-order valence-electron chi connectivity index (χ1n) is 18.1. The minimum absolute atomic E-state index is 0.00680. The monoisotopic (exact) mass is 642 g/mol. The fourth-order valence-corrected chi connectivity index (χ4v) is 14.9. The van der Waals surface area contributed by atoms with Gasteiger partial charge in [-0.2, -0.15) is 0 Å². The van der Waals surface area contributed by atoms with Gasteiger partial charge in [0.1, 0.15) is 12.0 Å². The molecule has 5 nitrogen and oxygen atoms in total. The van der Waals surface area contributed by atoms with Crippen molar-refractivity contribution in [2.24, 2.45) is 41.4 Å². The Morgan fingerprint density at radius 1 is 0.818 bits per heavy atom. The molecule has 0 aromatic rings. The second kappa shape index (κ2) is 14.6. The molecule has 2 bridgehead atoms. The third-order valence-corrected chi connectivity index (χ3v) is 22.0. The summed E-state index contributed by atoms with van der Waals surface area (Å²) in [6.45, 7) is 22.8. The molecule has 44 heavy (non-hydrogen) atoms. The summed E-state index contributed by atoms with van der Waals surface area (Å²) in [5.74, 6) is -0.240. The van der Waals surface area contributed by atoms with E-state index >= 15 is 0 Å². The minimum Gasteiger partial charge on any atom is -0.461 e. The number of rotatable bonds is 10. The van der Waals surface area contributed by atoms with E-state index in [0.29, 0.717) is 12.3 Å². The molecular weight excluding hydrogens is 581 g/mol. The van der Waals surface area contributed by atoms with Gasteiger partial charge in [-0.05, 0) is 87.1 Å². The molecule has 3 aliphatic carbocycles. The van der Waals surface area contributed by atoms with E-state index in [1.54, 1.807) is 0 Å². The second-order valence-electron chi connectivity index (χ2n) is 14.6. The zero-order chi connectivity index (χ0) is 32.4. The Kier molecular flexibility index (Phi) is 11.8. The largest absolute Gasteiger partial charge is 0.461 e. The molecule has 0 aromatic heterocycles. The van der Waals surface area contributed by atoms with Crippen molar-refractivity contribution in [3.8, 4) is 0 Å². The minimum atomic E-state index is -1.93. The lowest BCUT2D eigenvalue weighted by Gasteiger charge is -2.43. The summed E-state index contributed by atoms with van der Waals surface area (Å²) in [7, 11) is -3.82. The van der Waals surface area contributed by atoms with Crippen LogP contribution in [0, 0.1) is 41.4 Å². The smallest absolute Gasteiger partial charge is 0.320 e. The maximum atomic E-state index is 13.6. The van der Waals surface area contributed by atoms with Crippen molar-refractivity contribution in [3.63, 3.8) is 0 Å². The van der Waals surface area contributed by atoms with Crippen LogP contribution < -0.4 is 0 Å². The summed E-state index contributed by atoms with van der Waals surface area (Å²) >= 11 is 0. The lowest BCUT2D eigenvalue weighted by Crippen LogP contribution is -2.46. The number of ether oxygens (including phenoxy) is 1. The molecule has 7 heteroatoms. The highest BCUT2D eigenvalue weighted by atomic mass is 28.4. The molecule has 0 radical (unpaired) electrons. The fraction of sp³-hybridized carbons (Fsp3) is 0.784. The normalized spacial score (nSPS) is 38.3. The quantitative estimate of drug-likeness (QED) is 0.103. The van der Waals surface area contributed by atoms with E-state index in [4.69, 9.17) is 13.6 Å². The molecule has 0 aromatic carbocycles. The summed E-state index contributed by atoms with van der Waals surface area (Å²) in [5, 5.41) is 0. The lowest BCUT2D eigenvalue weighted by atomic mass is 9.66. The van der Waals surface area contributed by atoms with Crippen LogP contribution in [0.2, 0.25) is 36.3 Å². The van der Waals surface area contributed by atoms with E-state index in [2.05, 4.69) is 80.5 Å². The summed E-state index contributed by atoms with van der Waals surface area (Å²) in [4.78, 5) is 26.8. The number of esters is 1. The first-order chi connectivity index (χ1) is 20.9. The van der Waals surface area contributed by atoms with Crippen LogP contribution in [0.25, 0.3) is 0 Å². The summed E-state index contributed by atoms with van der Waals surface area (Å²) in [5.41, 5.74) is 2.72. The van der Waals surface area contributed by atoms with Gasteiger partial charge >= 0.3 is 5.97 Å². The van der Waals surface area contributed by atoms with Gasteiger partial charge in [-0.15, -0.1) is 0 Å². The molecule has 1 saturated heterocycles. The maximum absolute atomic E-state index is 13.6. The van der Waals surface area contributed by atoms with Gasteiger partial charge in [0, 0.05) is 11.8 Å². The van der Waals surface area contributed by atoms with Crippen molar-refractivity contribution >= 4 is 28.4 Å². The molecule has 5 rings (SSSR count). The van der Waals surface area contributed by atoms with Gasteiger partial charge < -0.3 is 13.6 Å². The number of hydrogen-bond acceptors (Lipinski definition) is 5. The number of allylic oxidation sites excluding steroid dienone is 4. The van der Waals surface area contributed by atoms with Crippen LogP contribution in [0.4, 0.5) is 0 Å². The van der Waals surface area contributed by atoms with Gasteiger partial charge in [-0.1, -0.05) is 90.8 Å². The predicted octanol–water partition coefficient (Wildman–Crippen LogP) is 9.27. The number of ketones is 1. The van der Waals surface area contributed by atoms with Crippen molar-refractivity contribution in [2.45, 2.75) is 143 Å². The van der Waals surface area contributed by atoms with Gasteiger partial charge in [0.25, 0.3) is 0 Å². The molecule has 0 amide bonds. The first kappa shape index (κ1) is 35.6. The molecule has 2 fully saturated rings. The molecule has 0 spiro atoms. The zero-order valence-corrected chi connectivity index (χ0v) is 31.5. The Bertz CT molecular complexity index is 1100. The number of Topliss-reactive ketones (excluding diaryl/α,β-unsaturated/α-hetero) is 1. The van der Waals surface area contributed by atoms with Crippen LogP contribution in [0.15, 0.2) is 35.5 Å². The van der Waals surface area contributed by atoms with Crippen LogP contribution in [0.1, 0.15) is 88.5 Å². The van der Waals surface area contributed by atoms with E-state index in [0.717, 1.165) is 49.1 Å². The highest BCUT2D eigenvalue weighted by Crippen LogP contribution is 2.55. The number of hydrogen-bond donors (Lipinski definition) is 0. The van der Waals surface area contributed by atoms with Crippen molar-refractivity contribution in [3.05, 3.63) is 35.5 Å². The van der Waals surface area contributed by atoms with E-state index in [1.807, 2.05) is 13.0 Å². The SMILES string of the molecule is CC[Si](CC)(CC)O[C@@H]1[C@@H](C)[C@H](O[Si](CC)(CC)CC)[C@@H]2[C@@H]1C=C(C)[C@H]1C/C=C(/C)CC[C@@H]3OC(=O)[C@H](/C=C\[C@@H]21)C(=O)[C@H]3C. The van der Waals surface area contributed by atoms with Crippen LogP contribution in [-0.4, -0.2) is 46.7 Å². The maximum Gasteiger partial charge on any atom is 0.320 e. The van der Waals surface area contributed by atoms with Gasteiger partial charge in [-0.25, -0.2) is 0 Å². The van der Waals surface area contributed by atoms with Crippen LogP contribution in [0.3, 0.4) is 0 Å². The third kappa shape index (κ3) is 6.73. The van der Waals surface area contributed by atoms with E-state index in [1.165, 1.54) is 11.1 Å². The van der Waals surface area contributed by atoms with Gasteiger partial charge in [0.15, 0.2) is 22.4 Å². The third-order valence-electron chi connectivity index (χ3n) is 12.7. The number of carbonyl (C=O) groups is 2. The Labute approximate surface area is 270 Å². The van der Waals surface area contributed by atoms with E-state index in [9.17, 15) is 9.59 Å². The van der Waals surface area contributed by atoms with Crippen LogP contribution in [-0.2, 0) is 23.2 Å². The van der Waals surface area contributed by atoms with Crippen LogP contribution >= 0.6 is 0 Å². The summed E-state index contributed by atoms with van der Waals surface area (Å²) in [6, 6.07) is 6.75. The number of fused-ring (bicyclic) bond motifs is 6. The predicted molar refractivity (Wildman–Crippen MR) is 185 cm³/mol. The van der Waals surface area contributed by atoms with Gasteiger partial charge in [-0.3, -0.25) is 9.59 Å². The van der Waals surface area contributed by atoms with Gasteiger partial charge in [0.2, 0.25) is 0 Å². The highest BCUT2D eigenvalue weighted by molar-refractivity contribution is 6.74. The molecule has 10 atom stereocenters. The molecule has 0 unspecified atom stereocenters. The fourth-order valence-electron chi connectivity index (χ4n) is 8.99. The molecule has 2 heterocycles. The highest BCUT2D eigenvalue weighted by Gasteiger charge is 2.57. The zero-order valence-electron chi connectivity index (χ0n) is 29.5. The molecule has 1 saturated carbocycles. The van der Waals surface area contributed by atoms with Crippen molar-refractivity contribution in [2.75, 3.05) is 0 Å². The Balaban J connectivity index is 1.86. The van der Waals surface area contributed by atoms with E-state index < -0.39 is 22.6 Å². The summed E-state index contributed by atoms with van der Waals surface area (Å²) in [6.07, 6.45) is 11.5. The van der Waals surface area contributed by atoms with Crippen molar-refractivity contribution in [1.29, 1.82) is 0 Å². The van der Waals surface area contributed by atoms with E-state index in [-0.39, 0.29) is 59.7 Å². The molecule has 2 aliphatic heterocycles. The molecule has 5 aliphatic rings. The molecule has 248 valence electrons. The Morgan fingerprint density at radius 2 is 1.39 bits per heavy atom. The summed E-state index contributed by atoms with van der Waals surface area (Å²) < 4.78 is 20.9. The molecule has 0 N–H and O–H groups in total. The van der Waals surface area contributed by atoms with Gasteiger partial charge in [0.05, 0.1) is 18.1 Å².